The lowest BCUT2D eigenvalue weighted by atomic mass is 10.2. The van der Waals surface area contributed by atoms with E-state index in [9.17, 15) is 9.18 Å². The second-order valence-corrected chi connectivity index (χ2v) is 3.91. The Hall–Kier alpha value is -1.62. The van der Waals surface area contributed by atoms with Crippen LogP contribution in [0.2, 0.25) is 0 Å². The number of thiophene rings is 1. The van der Waals surface area contributed by atoms with Gasteiger partial charge in [0.2, 0.25) is 0 Å². The smallest absolute Gasteiger partial charge is 0.349 e. The Bertz CT molecular complexity index is 533. The molecule has 3 nitrogen and oxygen atoms in total. The largest absolute Gasteiger partial charge is 0.494 e. The lowest BCUT2D eigenvalue weighted by Crippen LogP contribution is -1.95. The van der Waals surface area contributed by atoms with Gasteiger partial charge >= 0.3 is 5.97 Å². The first-order chi connectivity index (χ1) is 7.15. The van der Waals surface area contributed by atoms with E-state index < -0.39 is 11.8 Å². The molecule has 1 aromatic heterocycles. The van der Waals surface area contributed by atoms with Crippen molar-refractivity contribution in [3.8, 4) is 5.75 Å². The normalized spacial score (nSPS) is 10.5. The standard InChI is InChI=1S/C10H7FO3S/c1-14-7-5-3-2-4-6(11)8(5)15-9(7)10(12)13/h2-4H,1H3,(H,12,13). The predicted molar refractivity (Wildman–Crippen MR) is 55.3 cm³/mol. The van der Waals surface area contributed by atoms with Gasteiger partial charge in [0.1, 0.15) is 5.82 Å². The maximum atomic E-state index is 13.3. The molecule has 0 unspecified atom stereocenters. The van der Waals surface area contributed by atoms with Crippen molar-refractivity contribution < 1.29 is 19.0 Å². The van der Waals surface area contributed by atoms with Gasteiger partial charge in [-0.2, -0.15) is 0 Å². The van der Waals surface area contributed by atoms with Crippen LogP contribution in [0.5, 0.6) is 5.75 Å². The van der Waals surface area contributed by atoms with Crippen molar-refractivity contribution >= 4 is 27.4 Å². The van der Waals surface area contributed by atoms with E-state index in [1.165, 1.54) is 19.2 Å². The molecule has 0 spiro atoms. The van der Waals surface area contributed by atoms with Crippen molar-refractivity contribution in [2.24, 2.45) is 0 Å². The molecule has 2 rings (SSSR count). The monoisotopic (exact) mass is 226 g/mol. The average Bonchev–Trinajstić information content (AvgIpc) is 2.57. The van der Waals surface area contributed by atoms with Gasteiger partial charge in [-0.05, 0) is 12.1 Å². The van der Waals surface area contributed by atoms with E-state index in [0.29, 0.717) is 10.1 Å². The summed E-state index contributed by atoms with van der Waals surface area (Å²) in [6.45, 7) is 0. The Labute approximate surface area is 88.7 Å². The highest BCUT2D eigenvalue weighted by molar-refractivity contribution is 7.21. The van der Waals surface area contributed by atoms with Crippen LogP contribution in [0.4, 0.5) is 4.39 Å². The number of hydrogen-bond donors (Lipinski definition) is 1. The van der Waals surface area contributed by atoms with Crippen molar-refractivity contribution in [2.75, 3.05) is 7.11 Å². The number of hydrogen-bond acceptors (Lipinski definition) is 3. The third-order valence-corrected chi connectivity index (χ3v) is 3.20. The van der Waals surface area contributed by atoms with Crippen LogP contribution in [-0.2, 0) is 0 Å². The molecule has 5 heteroatoms. The first-order valence-corrected chi connectivity index (χ1v) is 4.95. The van der Waals surface area contributed by atoms with E-state index in [1.54, 1.807) is 6.07 Å². The van der Waals surface area contributed by atoms with Crippen LogP contribution in [0.15, 0.2) is 18.2 Å². The Morgan fingerprint density at radius 3 is 2.87 bits per heavy atom. The Morgan fingerprint density at radius 1 is 1.53 bits per heavy atom. The summed E-state index contributed by atoms with van der Waals surface area (Å²) in [5.74, 6) is -1.31. The van der Waals surface area contributed by atoms with Crippen molar-refractivity contribution in [1.82, 2.24) is 0 Å². The third-order valence-electron chi connectivity index (χ3n) is 2.02. The zero-order chi connectivity index (χ0) is 11.0. The van der Waals surface area contributed by atoms with E-state index >= 15 is 0 Å². The second kappa shape index (κ2) is 3.51. The summed E-state index contributed by atoms with van der Waals surface area (Å²) < 4.78 is 18.6. The fourth-order valence-corrected chi connectivity index (χ4v) is 2.42. The van der Waals surface area contributed by atoms with Crippen molar-refractivity contribution in [3.05, 3.63) is 28.9 Å². The number of ether oxygens (including phenoxy) is 1. The summed E-state index contributed by atoms with van der Waals surface area (Å²) >= 11 is 0.884. The molecule has 78 valence electrons. The molecule has 0 amide bonds. The average molecular weight is 226 g/mol. The summed E-state index contributed by atoms with van der Waals surface area (Å²) in [4.78, 5) is 10.9. The molecule has 0 fully saturated rings. The maximum absolute atomic E-state index is 13.3. The lowest BCUT2D eigenvalue weighted by Gasteiger charge is -1.98. The molecule has 0 saturated carbocycles. The van der Waals surface area contributed by atoms with Crippen molar-refractivity contribution in [1.29, 1.82) is 0 Å². The van der Waals surface area contributed by atoms with Gasteiger partial charge < -0.3 is 9.84 Å². The quantitative estimate of drug-likeness (QED) is 0.856. The minimum Gasteiger partial charge on any atom is -0.494 e. The van der Waals surface area contributed by atoms with Crippen LogP contribution < -0.4 is 4.74 Å². The van der Waals surface area contributed by atoms with Crippen LogP contribution in [0.1, 0.15) is 9.67 Å². The van der Waals surface area contributed by atoms with E-state index in [4.69, 9.17) is 9.84 Å². The number of carbonyl (C=O) groups is 1. The number of carboxylic acid groups (broad SMARTS) is 1. The molecule has 1 aromatic carbocycles. The minimum atomic E-state index is -1.10. The van der Waals surface area contributed by atoms with E-state index in [0.717, 1.165) is 11.3 Å². The number of halogens is 1. The summed E-state index contributed by atoms with van der Waals surface area (Å²) in [6, 6.07) is 4.46. The SMILES string of the molecule is COc1c(C(=O)O)sc2c(F)cccc12. The Morgan fingerprint density at radius 2 is 2.27 bits per heavy atom. The van der Waals surface area contributed by atoms with Crippen LogP contribution in [-0.4, -0.2) is 18.2 Å². The van der Waals surface area contributed by atoms with Crippen molar-refractivity contribution in [3.63, 3.8) is 0 Å². The number of rotatable bonds is 2. The topological polar surface area (TPSA) is 46.5 Å². The molecule has 0 saturated heterocycles. The highest BCUT2D eigenvalue weighted by Gasteiger charge is 2.19. The number of methoxy groups -OCH3 is 1. The molecule has 0 aliphatic carbocycles. The highest BCUT2D eigenvalue weighted by Crippen LogP contribution is 2.38. The number of fused-ring (bicyclic) bond motifs is 1. The van der Waals surface area contributed by atoms with Gasteiger partial charge in [0, 0.05) is 5.39 Å². The lowest BCUT2D eigenvalue weighted by molar-refractivity contribution is 0.0699. The summed E-state index contributed by atoms with van der Waals surface area (Å²) in [5.41, 5.74) is 0. The van der Waals surface area contributed by atoms with Crippen LogP contribution in [0, 0.1) is 5.82 Å². The van der Waals surface area contributed by atoms with E-state index in [2.05, 4.69) is 0 Å². The Balaban J connectivity index is 2.84. The number of aromatic carboxylic acids is 1. The molecule has 0 radical (unpaired) electrons. The van der Waals surface area contributed by atoms with Gasteiger partial charge in [-0.15, -0.1) is 11.3 Å². The fraction of sp³-hybridized carbons (Fsp3) is 0.100. The van der Waals surface area contributed by atoms with E-state index in [-0.39, 0.29) is 10.6 Å². The molecule has 0 aliphatic heterocycles. The summed E-state index contributed by atoms with van der Waals surface area (Å²) in [7, 11) is 1.37. The summed E-state index contributed by atoms with van der Waals surface area (Å²) in [5, 5.41) is 9.40. The Kier molecular flexibility index (Phi) is 2.32. The molecule has 1 heterocycles. The first kappa shape index (κ1) is 9.92. The molecule has 2 aromatic rings. The van der Waals surface area contributed by atoms with Gasteiger partial charge in [0.05, 0.1) is 11.8 Å². The second-order valence-electron chi connectivity index (χ2n) is 2.89. The molecular weight excluding hydrogens is 219 g/mol. The van der Waals surface area contributed by atoms with Crippen LogP contribution in [0.25, 0.3) is 10.1 Å². The molecule has 0 bridgehead atoms. The highest BCUT2D eigenvalue weighted by atomic mass is 32.1. The van der Waals surface area contributed by atoms with Crippen LogP contribution >= 0.6 is 11.3 Å². The third kappa shape index (κ3) is 1.45. The zero-order valence-corrected chi connectivity index (χ0v) is 8.60. The zero-order valence-electron chi connectivity index (χ0n) is 7.78. The fourth-order valence-electron chi connectivity index (χ4n) is 1.41. The van der Waals surface area contributed by atoms with Gasteiger partial charge in [0.25, 0.3) is 0 Å². The molecule has 0 atom stereocenters. The number of benzene rings is 1. The van der Waals surface area contributed by atoms with E-state index in [1.807, 2.05) is 0 Å². The molecular formula is C10H7FO3S. The van der Waals surface area contributed by atoms with Gasteiger partial charge in [0.15, 0.2) is 10.6 Å². The predicted octanol–water partition coefficient (Wildman–Crippen LogP) is 2.75. The first-order valence-electron chi connectivity index (χ1n) is 4.13. The van der Waals surface area contributed by atoms with Crippen molar-refractivity contribution in [2.45, 2.75) is 0 Å². The van der Waals surface area contributed by atoms with Crippen LogP contribution in [0.3, 0.4) is 0 Å². The van der Waals surface area contributed by atoms with Gasteiger partial charge in [-0.25, -0.2) is 9.18 Å². The number of carboxylic acids is 1. The molecule has 15 heavy (non-hydrogen) atoms. The molecule has 1 N–H and O–H groups in total. The molecule has 0 aliphatic rings. The maximum Gasteiger partial charge on any atom is 0.349 e. The van der Waals surface area contributed by atoms with Gasteiger partial charge in [-0.3, -0.25) is 0 Å². The van der Waals surface area contributed by atoms with Gasteiger partial charge in [-0.1, -0.05) is 6.07 Å². The minimum absolute atomic E-state index is 0.0256. The summed E-state index contributed by atoms with van der Waals surface area (Å²) in [6.07, 6.45) is 0.